The summed E-state index contributed by atoms with van der Waals surface area (Å²) in [5.74, 6) is 0. The van der Waals surface area contributed by atoms with Gasteiger partial charge in [-0.05, 0) is 36.5 Å². The molecule has 0 unspecified atom stereocenters. The number of benzene rings is 1. The zero-order valence-corrected chi connectivity index (χ0v) is 12.9. The van der Waals surface area contributed by atoms with E-state index < -0.39 is 20.8 Å². The number of halogens is 2. The predicted octanol–water partition coefficient (Wildman–Crippen LogP) is 4.58. The van der Waals surface area contributed by atoms with Crippen molar-refractivity contribution in [2.75, 3.05) is 0 Å². The minimum atomic E-state index is -0.826. The molecule has 0 aromatic heterocycles. The van der Waals surface area contributed by atoms with Gasteiger partial charge in [-0.25, -0.2) is 0 Å². The Morgan fingerprint density at radius 1 is 1.33 bits per heavy atom. The second-order valence-corrected chi connectivity index (χ2v) is 7.31. The zero-order chi connectivity index (χ0) is 11.3. The van der Waals surface area contributed by atoms with E-state index in [0.29, 0.717) is 0 Å². The normalized spacial score (nSPS) is 12.4. The number of hydrogen-bond acceptors (Lipinski definition) is 0. The fourth-order valence-corrected chi connectivity index (χ4v) is 1.91. The van der Waals surface area contributed by atoms with E-state index in [1.54, 1.807) is 0 Å². The third-order valence-electron chi connectivity index (χ3n) is 2.53. The van der Waals surface area contributed by atoms with E-state index in [2.05, 4.69) is 38.1 Å². The Bertz CT molecular complexity index is 359. The summed E-state index contributed by atoms with van der Waals surface area (Å²) < 4.78 is 0. The standard InChI is InChI=1S/C12H14.2ClH.Zr/c1-3-10-5-4-6-11-7-9(2)8-12(10)11;;;/h4-6,8H,3,7H2,1-2H3;2*1H;/q;;;+2/p-2. The van der Waals surface area contributed by atoms with Crippen molar-refractivity contribution in [1.82, 2.24) is 0 Å². The minimum absolute atomic E-state index is 0.826. The maximum absolute atomic E-state index is 4.93. The van der Waals surface area contributed by atoms with Crippen LogP contribution in [0.15, 0.2) is 23.8 Å². The number of fused-ring (bicyclic) bond motifs is 1. The van der Waals surface area contributed by atoms with Gasteiger partial charge in [0.2, 0.25) is 0 Å². The van der Waals surface area contributed by atoms with Crippen molar-refractivity contribution < 1.29 is 20.8 Å². The molecule has 0 N–H and O–H groups in total. The van der Waals surface area contributed by atoms with Crippen molar-refractivity contribution in [3.05, 3.63) is 40.5 Å². The van der Waals surface area contributed by atoms with Gasteiger partial charge in [0.25, 0.3) is 0 Å². The quantitative estimate of drug-likeness (QED) is 0.710. The van der Waals surface area contributed by atoms with Gasteiger partial charge < -0.3 is 0 Å². The molecule has 1 aliphatic rings. The summed E-state index contributed by atoms with van der Waals surface area (Å²) in [6.45, 7) is 4.43. The molecule has 0 bridgehead atoms. The fraction of sp³-hybridized carbons (Fsp3) is 0.333. The first-order valence-electron chi connectivity index (χ1n) is 4.97. The van der Waals surface area contributed by atoms with Crippen LogP contribution in [0.25, 0.3) is 6.08 Å². The molecule has 0 atom stereocenters. The van der Waals surface area contributed by atoms with Gasteiger partial charge in [-0.15, -0.1) is 0 Å². The van der Waals surface area contributed by atoms with Gasteiger partial charge in [0.1, 0.15) is 0 Å². The third kappa shape index (κ3) is 3.73. The monoisotopic (exact) mass is 318 g/mol. The van der Waals surface area contributed by atoms with E-state index in [1.165, 1.54) is 22.3 Å². The fourth-order valence-electron chi connectivity index (χ4n) is 1.91. The average molecular weight is 320 g/mol. The second-order valence-electron chi connectivity index (χ2n) is 3.58. The molecular weight excluding hydrogens is 306 g/mol. The van der Waals surface area contributed by atoms with Crippen LogP contribution in [0.4, 0.5) is 0 Å². The molecule has 0 spiro atoms. The van der Waals surface area contributed by atoms with Gasteiger partial charge in [0, 0.05) is 0 Å². The molecule has 3 heteroatoms. The first-order chi connectivity index (χ1) is 7.22. The molecule has 15 heavy (non-hydrogen) atoms. The van der Waals surface area contributed by atoms with Crippen LogP contribution in [0, 0.1) is 0 Å². The number of rotatable bonds is 1. The summed E-state index contributed by atoms with van der Waals surface area (Å²) in [5, 5.41) is 0. The Kier molecular flexibility index (Phi) is 6.19. The molecule has 0 fully saturated rings. The van der Waals surface area contributed by atoms with E-state index in [9.17, 15) is 0 Å². The van der Waals surface area contributed by atoms with Crippen molar-refractivity contribution in [3.63, 3.8) is 0 Å². The molecular formula is C12H14Cl2Zr. The Morgan fingerprint density at radius 3 is 2.60 bits per heavy atom. The van der Waals surface area contributed by atoms with E-state index >= 15 is 0 Å². The molecule has 0 radical (unpaired) electrons. The number of hydrogen-bond donors (Lipinski definition) is 0. The van der Waals surface area contributed by atoms with Gasteiger partial charge in [-0.3, -0.25) is 0 Å². The van der Waals surface area contributed by atoms with Crippen molar-refractivity contribution in [1.29, 1.82) is 0 Å². The topological polar surface area (TPSA) is 0 Å². The van der Waals surface area contributed by atoms with Crippen molar-refractivity contribution in [3.8, 4) is 0 Å². The van der Waals surface area contributed by atoms with E-state index in [-0.39, 0.29) is 0 Å². The Labute approximate surface area is 110 Å². The van der Waals surface area contributed by atoms with Gasteiger partial charge in [-0.2, -0.15) is 0 Å². The van der Waals surface area contributed by atoms with Crippen LogP contribution in [0.3, 0.4) is 0 Å². The molecule has 0 nitrogen and oxygen atoms in total. The Balaban J connectivity index is 0.000000337. The van der Waals surface area contributed by atoms with E-state index in [0.717, 1.165) is 12.8 Å². The molecule has 0 saturated heterocycles. The molecule has 80 valence electrons. The summed E-state index contributed by atoms with van der Waals surface area (Å²) in [5.41, 5.74) is 5.97. The third-order valence-corrected chi connectivity index (χ3v) is 2.53. The van der Waals surface area contributed by atoms with Crippen molar-refractivity contribution >= 4 is 23.1 Å². The van der Waals surface area contributed by atoms with Crippen LogP contribution in [0.1, 0.15) is 30.5 Å². The van der Waals surface area contributed by atoms with Crippen LogP contribution in [-0.2, 0) is 33.7 Å². The van der Waals surface area contributed by atoms with Crippen LogP contribution >= 0.6 is 17.0 Å². The summed E-state index contributed by atoms with van der Waals surface area (Å²) in [7, 11) is 9.87. The zero-order valence-electron chi connectivity index (χ0n) is 8.98. The van der Waals surface area contributed by atoms with E-state index in [1.807, 2.05) is 0 Å². The van der Waals surface area contributed by atoms with Crippen LogP contribution in [-0.4, -0.2) is 0 Å². The van der Waals surface area contributed by atoms with Crippen LogP contribution < -0.4 is 0 Å². The molecule has 0 saturated carbocycles. The molecule has 2 rings (SSSR count). The molecule has 0 amide bonds. The molecule has 1 aromatic carbocycles. The molecule has 0 heterocycles. The number of aryl methyl sites for hydroxylation is 1. The van der Waals surface area contributed by atoms with Crippen LogP contribution in [0.5, 0.6) is 0 Å². The summed E-state index contributed by atoms with van der Waals surface area (Å²) in [6, 6.07) is 6.64. The van der Waals surface area contributed by atoms with Gasteiger partial charge in [0.05, 0.1) is 0 Å². The van der Waals surface area contributed by atoms with Gasteiger partial charge in [-0.1, -0.05) is 36.8 Å². The summed E-state index contributed by atoms with van der Waals surface area (Å²) >= 11 is -0.826. The molecule has 0 aliphatic heterocycles. The predicted molar refractivity (Wildman–Crippen MR) is 64.9 cm³/mol. The maximum atomic E-state index is 4.93. The Morgan fingerprint density at radius 2 is 2.00 bits per heavy atom. The summed E-state index contributed by atoms with van der Waals surface area (Å²) in [6.07, 6.45) is 4.63. The van der Waals surface area contributed by atoms with Gasteiger partial charge in [0.15, 0.2) is 0 Å². The van der Waals surface area contributed by atoms with Crippen molar-refractivity contribution in [2.24, 2.45) is 0 Å². The van der Waals surface area contributed by atoms with Crippen LogP contribution in [0.2, 0.25) is 0 Å². The first kappa shape index (κ1) is 13.5. The first-order valence-corrected chi connectivity index (χ1v) is 11.3. The SMILES string of the molecule is CCc1cccc2c1C=C(C)C2.[Cl][Zr][Cl]. The Hall–Kier alpha value is 0.423. The number of allylic oxidation sites excluding steroid dienone is 1. The molecule has 1 aliphatic carbocycles. The molecule has 1 aromatic rings. The van der Waals surface area contributed by atoms with E-state index in [4.69, 9.17) is 17.0 Å². The summed E-state index contributed by atoms with van der Waals surface area (Å²) in [4.78, 5) is 0. The van der Waals surface area contributed by atoms with Crippen molar-refractivity contribution in [2.45, 2.75) is 26.7 Å². The average Bonchev–Trinajstić information content (AvgIpc) is 2.58. The van der Waals surface area contributed by atoms with Gasteiger partial charge >= 0.3 is 37.9 Å². The second kappa shape index (κ2) is 6.89.